The summed E-state index contributed by atoms with van der Waals surface area (Å²) in [5.74, 6) is -1.46. The van der Waals surface area contributed by atoms with E-state index in [-0.39, 0.29) is 24.4 Å². The highest BCUT2D eigenvalue weighted by atomic mass is 19.1. The molecule has 164 valence electrons. The summed E-state index contributed by atoms with van der Waals surface area (Å²) >= 11 is 0. The molecule has 3 heterocycles. The van der Waals surface area contributed by atoms with Gasteiger partial charge in [-0.15, -0.1) is 0 Å². The molecule has 0 atom stereocenters. The molecule has 0 unspecified atom stereocenters. The van der Waals surface area contributed by atoms with Crippen molar-refractivity contribution in [3.05, 3.63) is 66.0 Å². The molecule has 0 aliphatic heterocycles. The zero-order valence-electron chi connectivity index (χ0n) is 17.5. The van der Waals surface area contributed by atoms with Crippen LogP contribution in [0.1, 0.15) is 19.4 Å². The van der Waals surface area contributed by atoms with Crippen molar-refractivity contribution >= 4 is 22.9 Å². The minimum atomic E-state index is -0.747. The zero-order valence-corrected chi connectivity index (χ0v) is 17.5. The number of hydrogen-bond acceptors (Lipinski definition) is 6. The third-order valence-corrected chi connectivity index (χ3v) is 4.78. The highest BCUT2D eigenvalue weighted by Crippen LogP contribution is 2.24. The van der Waals surface area contributed by atoms with Crippen LogP contribution in [-0.2, 0) is 11.2 Å². The number of pyridine rings is 1. The number of nitrogens with one attached hydrogen (secondary N) is 3. The number of halogens is 2. The molecule has 0 aliphatic rings. The average Bonchev–Trinajstić information content (AvgIpc) is 3.18. The Morgan fingerprint density at radius 2 is 2.00 bits per heavy atom. The number of carbonyl (C=O) groups is 1. The molecule has 0 saturated heterocycles. The molecule has 8 nitrogen and oxygen atoms in total. The Morgan fingerprint density at radius 3 is 2.75 bits per heavy atom. The lowest BCUT2D eigenvalue weighted by Crippen LogP contribution is -2.44. The number of anilines is 1. The SMILES string of the molecule is CC(C)(CNC(=O)Cc1ccc(F)cc1F)Nc1ncc2c(-c3ccccn3)[nH]nc2n1. The van der Waals surface area contributed by atoms with Gasteiger partial charge in [-0.25, -0.2) is 13.8 Å². The first-order valence-electron chi connectivity index (χ1n) is 9.92. The van der Waals surface area contributed by atoms with Crippen LogP contribution in [0.25, 0.3) is 22.4 Å². The Kier molecular flexibility index (Phi) is 5.76. The van der Waals surface area contributed by atoms with E-state index in [9.17, 15) is 13.6 Å². The van der Waals surface area contributed by atoms with Crippen molar-refractivity contribution in [2.45, 2.75) is 25.8 Å². The smallest absolute Gasteiger partial charge is 0.225 e. The van der Waals surface area contributed by atoms with Gasteiger partial charge in [-0.1, -0.05) is 12.1 Å². The molecule has 4 rings (SSSR count). The van der Waals surface area contributed by atoms with Gasteiger partial charge >= 0.3 is 0 Å². The van der Waals surface area contributed by atoms with Crippen molar-refractivity contribution in [1.29, 1.82) is 0 Å². The topological polar surface area (TPSA) is 108 Å². The second-order valence-electron chi connectivity index (χ2n) is 7.94. The number of aromatic nitrogens is 5. The Bertz CT molecular complexity index is 1260. The van der Waals surface area contributed by atoms with E-state index in [1.165, 1.54) is 6.07 Å². The fourth-order valence-electron chi connectivity index (χ4n) is 3.14. The van der Waals surface area contributed by atoms with Gasteiger partial charge in [0.2, 0.25) is 11.9 Å². The molecule has 0 bridgehead atoms. The molecule has 1 amide bonds. The number of nitrogens with zero attached hydrogens (tertiary/aromatic N) is 4. The minimum absolute atomic E-state index is 0.130. The van der Waals surface area contributed by atoms with Crippen LogP contribution in [-0.4, -0.2) is 43.1 Å². The fourth-order valence-corrected chi connectivity index (χ4v) is 3.14. The van der Waals surface area contributed by atoms with Gasteiger partial charge in [0.05, 0.1) is 28.7 Å². The first-order chi connectivity index (χ1) is 15.3. The van der Waals surface area contributed by atoms with Gasteiger partial charge in [0.15, 0.2) is 5.65 Å². The van der Waals surface area contributed by atoms with Crippen molar-refractivity contribution in [2.75, 3.05) is 11.9 Å². The molecule has 1 aromatic carbocycles. The molecule has 32 heavy (non-hydrogen) atoms. The molecule has 3 N–H and O–H groups in total. The monoisotopic (exact) mass is 437 g/mol. The second-order valence-corrected chi connectivity index (χ2v) is 7.94. The van der Waals surface area contributed by atoms with Gasteiger partial charge in [-0.2, -0.15) is 10.1 Å². The minimum Gasteiger partial charge on any atom is -0.353 e. The van der Waals surface area contributed by atoms with Gasteiger partial charge in [-0.3, -0.25) is 14.9 Å². The molecular weight excluding hydrogens is 416 g/mol. The quantitative estimate of drug-likeness (QED) is 0.410. The van der Waals surface area contributed by atoms with Crippen LogP contribution in [0.2, 0.25) is 0 Å². The first kappa shape index (κ1) is 21.3. The van der Waals surface area contributed by atoms with E-state index in [0.717, 1.165) is 28.9 Å². The average molecular weight is 437 g/mol. The number of amides is 1. The molecule has 0 saturated carbocycles. The van der Waals surface area contributed by atoms with Crippen molar-refractivity contribution in [2.24, 2.45) is 0 Å². The third-order valence-electron chi connectivity index (χ3n) is 4.78. The molecule has 0 aliphatic carbocycles. The van der Waals surface area contributed by atoms with Crippen LogP contribution in [0.15, 0.2) is 48.8 Å². The lowest BCUT2D eigenvalue weighted by Gasteiger charge is -2.26. The van der Waals surface area contributed by atoms with Crippen LogP contribution in [0.5, 0.6) is 0 Å². The lowest BCUT2D eigenvalue weighted by molar-refractivity contribution is -0.120. The van der Waals surface area contributed by atoms with Crippen LogP contribution in [0, 0.1) is 11.6 Å². The number of hydrogen-bond donors (Lipinski definition) is 3. The predicted octanol–water partition coefficient (Wildman–Crippen LogP) is 3.24. The first-order valence-corrected chi connectivity index (χ1v) is 9.92. The third kappa shape index (κ3) is 4.85. The van der Waals surface area contributed by atoms with E-state index in [1.54, 1.807) is 12.4 Å². The molecule has 4 aromatic rings. The largest absolute Gasteiger partial charge is 0.353 e. The van der Waals surface area contributed by atoms with Crippen molar-refractivity contribution in [1.82, 2.24) is 30.5 Å². The van der Waals surface area contributed by atoms with Gasteiger partial charge in [-0.05, 0) is 37.6 Å². The summed E-state index contributed by atoms with van der Waals surface area (Å²) in [7, 11) is 0. The number of fused-ring (bicyclic) bond motifs is 1. The summed E-state index contributed by atoms with van der Waals surface area (Å²) in [6.07, 6.45) is 3.17. The van der Waals surface area contributed by atoms with Gasteiger partial charge < -0.3 is 10.6 Å². The molecule has 10 heteroatoms. The Hall–Kier alpha value is -3.95. The summed E-state index contributed by atoms with van der Waals surface area (Å²) in [6.45, 7) is 3.96. The summed E-state index contributed by atoms with van der Waals surface area (Å²) in [5, 5.41) is 13.8. The van der Waals surface area contributed by atoms with E-state index >= 15 is 0 Å². The van der Waals surface area contributed by atoms with Crippen molar-refractivity contribution in [3.63, 3.8) is 0 Å². The summed E-state index contributed by atoms with van der Waals surface area (Å²) in [5.41, 5.74) is 1.47. The fraction of sp³-hybridized carbons (Fsp3) is 0.227. The van der Waals surface area contributed by atoms with Crippen LogP contribution < -0.4 is 10.6 Å². The lowest BCUT2D eigenvalue weighted by atomic mass is 10.1. The summed E-state index contributed by atoms with van der Waals surface area (Å²) < 4.78 is 26.8. The van der Waals surface area contributed by atoms with Crippen molar-refractivity contribution in [3.8, 4) is 11.4 Å². The Balaban J connectivity index is 1.40. The highest BCUT2D eigenvalue weighted by Gasteiger charge is 2.21. The van der Waals surface area contributed by atoms with E-state index < -0.39 is 17.2 Å². The highest BCUT2D eigenvalue weighted by molar-refractivity contribution is 5.89. The van der Waals surface area contributed by atoms with E-state index in [0.29, 0.717) is 11.6 Å². The molecule has 0 radical (unpaired) electrons. The maximum atomic E-state index is 13.7. The van der Waals surface area contributed by atoms with E-state index in [2.05, 4.69) is 35.8 Å². The summed E-state index contributed by atoms with van der Waals surface area (Å²) in [6, 6.07) is 8.72. The van der Waals surface area contributed by atoms with Crippen LogP contribution >= 0.6 is 0 Å². The zero-order chi connectivity index (χ0) is 22.7. The number of aromatic amines is 1. The number of carbonyl (C=O) groups excluding carboxylic acids is 1. The van der Waals surface area contributed by atoms with Crippen LogP contribution in [0.4, 0.5) is 14.7 Å². The molecule has 0 spiro atoms. The standard InChI is InChI=1S/C22H21F2N7O/c1-22(2,12-27-18(32)9-13-6-7-14(23)10-16(13)24)29-21-26-11-15-19(30-31-20(15)28-21)17-5-3-4-8-25-17/h3-8,10-11H,9,12H2,1-2H3,(H,27,32)(H2,26,28,29,30,31). The molecule has 3 aromatic heterocycles. The molecule has 0 fully saturated rings. The summed E-state index contributed by atoms with van der Waals surface area (Å²) in [4.78, 5) is 25.3. The number of rotatable bonds is 7. The molecular formula is C22H21F2N7O. The van der Waals surface area contributed by atoms with Gasteiger partial charge in [0.25, 0.3) is 0 Å². The number of H-pyrrole nitrogens is 1. The van der Waals surface area contributed by atoms with Gasteiger partial charge in [0, 0.05) is 25.0 Å². The Morgan fingerprint density at radius 1 is 1.16 bits per heavy atom. The van der Waals surface area contributed by atoms with Crippen molar-refractivity contribution < 1.29 is 13.6 Å². The van der Waals surface area contributed by atoms with E-state index in [1.807, 2.05) is 32.0 Å². The number of benzene rings is 1. The van der Waals surface area contributed by atoms with Crippen LogP contribution in [0.3, 0.4) is 0 Å². The van der Waals surface area contributed by atoms with E-state index in [4.69, 9.17) is 0 Å². The second kappa shape index (κ2) is 8.66. The predicted molar refractivity (Wildman–Crippen MR) is 116 cm³/mol. The van der Waals surface area contributed by atoms with Gasteiger partial charge in [0.1, 0.15) is 11.6 Å². The normalized spacial score (nSPS) is 11.5. The Labute approximate surface area is 182 Å². The maximum absolute atomic E-state index is 13.7. The maximum Gasteiger partial charge on any atom is 0.225 e.